The van der Waals surface area contributed by atoms with Gasteiger partial charge in [0.05, 0.1) is 25.9 Å². The minimum absolute atomic E-state index is 0.0581. The number of methoxy groups -OCH3 is 1. The Morgan fingerprint density at radius 1 is 0.697 bits per heavy atom. The lowest BCUT2D eigenvalue weighted by atomic mass is 9.85. The van der Waals surface area contributed by atoms with Crippen molar-refractivity contribution in [2.24, 2.45) is 11.8 Å². The third-order valence-corrected chi connectivity index (χ3v) is 29.8. The van der Waals surface area contributed by atoms with Crippen LogP contribution in [0, 0.1) is 18.8 Å². The average molecular weight is 970 g/mol. The van der Waals surface area contributed by atoms with Gasteiger partial charge in [0, 0.05) is 11.5 Å². The molecule has 10 heteroatoms. The molecular weight excluding hydrogens is 885 g/mol. The smallest absolute Gasteiger partial charge is 0.261 e. The number of carbonyl (C=O) groups is 1. The Labute approximate surface area is 408 Å². The van der Waals surface area contributed by atoms with Crippen molar-refractivity contribution in [1.82, 2.24) is 0 Å². The highest BCUT2D eigenvalue weighted by Gasteiger charge is 2.50. The molecule has 0 bridgehead atoms. The van der Waals surface area contributed by atoms with Gasteiger partial charge in [-0.05, 0) is 125 Å². The molecule has 0 aliphatic carbocycles. The van der Waals surface area contributed by atoms with Crippen molar-refractivity contribution in [3.63, 3.8) is 0 Å². The second-order valence-electron chi connectivity index (χ2n) is 19.3. The molecule has 0 aliphatic heterocycles. The fraction of sp³-hybridized carbons (Fsp3) is 0.518. The van der Waals surface area contributed by atoms with Crippen LogP contribution < -0.4 is 15.1 Å². The SMILES string of the molecule is CC[Si](CC)(CC)O[C@@H](/C=C\C[C@@H](O[Si](CC)(CC)CC)C(=O)Sc1ccc(C)cc1)[C@H](OCc1ccc(OC)cc1)[C@H](C)[C@@H](C)CCO[Si](c1ccccc1)(c1ccccc1)C(C)(C)C. The van der Waals surface area contributed by atoms with Crippen LogP contribution in [0.25, 0.3) is 0 Å². The van der Waals surface area contributed by atoms with E-state index >= 15 is 0 Å². The van der Waals surface area contributed by atoms with E-state index in [0.717, 1.165) is 58.9 Å². The fourth-order valence-corrected chi connectivity index (χ4v) is 20.4. The van der Waals surface area contributed by atoms with Crippen molar-refractivity contribution in [2.75, 3.05) is 13.7 Å². The molecule has 0 N–H and O–H groups in total. The van der Waals surface area contributed by atoms with E-state index < -0.39 is 31.1 Å². The molecule has 362 valence electrons. The van der Waals surface area contributed by atoms with E-state index in [2.05, 4.69) is 180 Å². The number of benzene rings is 4. The third kappa shape index (κ3) is 14.7. The molecule has 0 fully saturated rings. The Kier molecular flexibility index (Phi) is 22.4. The zero-order valence-corrected chi connectivity index (χ0v) is 46.7. The molecule has 6 nitrogen and oxygen atoms in total. The van der Waals surface area contributed by atoms with Gasteiger partial charge in [0.15, 0.2) is 16.6 Å². The number of rotatable bonds is 28. The van der Waals surface area contributed by atoms with Crippen molar-refractivity contribution in [1.29, 1.82) is 0 Å². The second kappa shape index (κ2) is 26.6. The normalized spacial score (nSPS) is 15.0. The Morgan fingerprint density at radius 3 is 1.70 bits per heavy atom. The molecule has 0 aromatic heterocycles. The predicted octanol–water partition coefficient (Wildman–Crippen LogP) is 14.2. The number of ether oxygens (including phenoxy) is 2. The number of carbonyl (C=O) groups excluding carboxylic acids is 1. The zero-order chi connectivity index (χ0) is 48.4. The molecule has 0 spiro atoms. The third-order valence-electron chi connectivity index (χ3n) is 14.5. The van der Waals surface area contributed by atoms with Crippen LogP contribution >= 0.6 is 11.8 Å². The van der Waals surface area contributed by atoms with Gasteiger partial charge in [0.1, 0.15) is 11.9 Å². The summed E-state index contributed by atoms with van der Waals surface area (Å²) in [5.74, 6) is 1.16. The first-order valence-electron chi connectivity index (χ1n) is 24.9. The number of hydrogen-bond donors (Lipinski definition) is 0. The summed E-state index contributed by atoms with van der Waals surface area (Å²) in [6, 6.07) is 44.2. The molecule has 0 radical (unpaired) electrons. The van der Waals surface area contributed by atoms with Gasteiger partial charge in [-0.15, -0.1) is 0 Å². The van der Waals surface area contributed by atoms with E-state index in [1.165, 1.54) is 27.7 Å². The summed E-state index contributed by atoms with van der Waals surface area (Å²) < 4.78 is 34.7. The number of hydrogen-bond acceptors (Lipinski definition) is 7. The lowest BCUT2D eigenvalue weighted by Crippen LogP contribution is -2.66. The van der Waals surface area contributed by atoms with Gasteiger partial charge in [0.25, 0.3) is 8.32 Å². The molecule has 4 aromatic rings. The van der Waals surface area contributed by atoms with Crippen LogP contribution in [-0.2, 0) is 29.4 Å². The maximum absolute atomic E-state index is 14.3. The van der Waals surface area contributed by atoms with E-state index in [1.807, 2.05) is 24.3 Å². The first kappa shape index (κ1) is 55.5. The summed E-state index contributed by atoms with van der Waals surface area (Å²) in [6.45, 7) is 28.4. The summed E-state index contributed by atoms with van der Waals surface area (Å²) in [5.41, 5.74) is 2.25. The van der Waals surface area contributed by atoms with Gasteiger partial charge in [-0.25, -0.2) is 0 Å². The number of aryl methyl sites for hydroxylation is 1. The Morgan fingerprint density at radius 2 is 1.21 bits per heavy atom. The van der Waals surface area contributed by atoms with E-state index in [-0.39, 0.29) is 34.2 Å². The Balaban J connectivity index is 1.73. The van der Waals surface area contributed by atoms with Gasteiger partial charge in [-0.2, -0.15) is 0 Å². The monoisotopic (exact) mass is 969 g/mol. The number of thioether (sulfide) groups is 1. The van der Waals surface area contributed by atoms with Crippen LogP contribution in [0.15, 0.2) is 126 Å². The van der Waals surface area contributed by atoms with Gasteiger partial charge < -0.3 is 22.8 Å². The van der Waals surface area contributed by atoms with Crippen molar-refractivity contribution >= 4 is 52.2 Å². The van der Waals surface area contributed by atoms with Crippen molar-refractivity contribution in [3.8, 4) is 5.75 Å². The zero-order valence-electron chi connectivity index (χ0n) is 42.9. The first-order chi connectivity index (χ1) is 31.6. The molecule has 4 rings (SSSR count). The van der Waals surface area contributed by atoms with Crippen LogP contribution in [0.5, 0.6) is 5.75 Å². The topological polar surface area (TPSA) is 63.2 Å². The predicted molar refractivity (Wildman–Crippen MR) is 288 cm³/mol. The van der Waals surface area contributed by atoms with E-state index in [0.29, 0.717) is 19.6 Å². The van der Waals surface area contributed by atoms with Gasteiger partial charge in [-0.1, -0.05) is 179 Å². The molecule has 4 aromatic carbocycles. The lowest BCUT2D eigenvalue weighted by molar-refractivity contribution is -0.117. The van der Waals surface area contributed by atoms with Gasteiger partial charge in [0.2, 0.25) is 5.12 Å². The molecule has 5 atom stereocenters. The lowest BCUT2D eigenvalue weighted by Gasteiger charge is -2.43. The van der Waals surface area contributed by atoms with Crippen molar-refractivity contribution in [3.05, 3.63) is 132 Å². The van der Waals surface area contributed by atoms with Crippen LogP contribution in [0.4, 0.5) is 0 Å². The minimum atomic E-state index is -2.72. The second-order valence-corrected chi connectivity index (χ2v) is 34.2. The summed E-state index contributed by atoms with van der Waals surface area (Å²) in [5, 5.41) is 2.53. The van der Waals surface area contributed by atoms with E-state index in [1.54, 1.807) is 7.11 Å². The standard InChI is InChI=1S/C56H84O6SSi3/c1-14-64(15-2,16-3)61-52(31-26-32-53(62-65(17-4,18-5)19-6)55(57)63-49-39-33-44(7)34-40-49)54(59-43-47-35-37-48(58-13)38-36-47)46(9)45(8)41-42-60-66(56(10,11)12,50-27-22-20-23-28-50)51-29-24-21-25-30-51/h20-31,33-40,45-46,52-54H,14-19,32,41-43H2,1-13H3/b31-26-/t45-,46+,52-,53+,54+/m0/s1. The molecule has 0 heterocycles. The molecule has 0 aliphatic rings. The molecule has 0 amide bonds. The summed E-state index contributed by atoms with van der Waals surface area (Å²) in [6.07, 6.45) is 4.60. The van der Waals surface area contributed by atoms with E-state index in [9.17, 15) is 4.79 Å². The molecule has 0 saturated heterocycles. The van der Waals surface area contributed by atoms with Crippen LogP contribution in [-0.4, -0.2) is 62.1 Å². The highest BCUT2D eigenvalue weighted by Crippen LogP contribution is 2.38. The summed E-state index contributed by atoms with van der Waals surface area (Å²) >= 11 is 1.30. The molecule has 66 heavy (non-hydrogen) atoms. The Hall–Kier alpha value is -3.07. The highest BCUT2D eigenvalue weighted by atomic mass is 32.2. The summed E-state index contributed by atoms with van der Waals surface area (Å²) in [7, 11) is -5.31. The minimum Gasteiger partial charge on any atom is -0.497 e. The largest absolute Gasteiger partial charge is 0.497 e. The first-order valence-corrected chi connectivity index (χ1v) is 32.7. The fourth-order valence-electron chi connectivity index (χ4n) is 9.33. The van der Waals surface area contributed by atoms with Crippen molar-refractivity contribution < 1.29 is 27.5 Å². The quantitative estimate of drug-likeness (QED) is 0.0319. The van der Waals surface area contributed by atoms with Crippen LogP contribution in [0.1, 0.15) is 100 Å². The molecular formula is C56H84O6SSi3. The van der Waals surface area contributed by atoms with Crippen molar-refractivity contribution in [2.45, 2.75) is 167 Å². The van der Waals surface area contributed by atoms with E-state index in [4.69, 9.17) is 22.8 Å². The molecule has 0 unspecified atom stereocenters. The highest BCUT2D eigenvalue weighted by molar-refractivity contribution is 8.13. The average Bonchev–Trinajstić information content (AvgIpc) is 3.34. The van der Waals surface area contributed by atoms with Gasteiger partial charge >= 0.3 is 0 Å². The molecule has 0 saturated carbocycles. The maximum atomic E-state index is 14.3. The summed E-state index contributed by atoms with van der Waals surface area (Å²) in [4.78, 5) is 15.2. The van der Waals surface area contributed by atoms with Crippen LogP contribution in [0.3, 0.4) is 0 Å². The van der Waals surface area contributed by atoms with Gasteiger partial charge in [-0.3, -0.25) is 4.79 Å². The maximum Gasteiger partial charge on any atom is 0.261 e. The van der Waals surface area contributed by atoms with Crippen LogP contribution in [0.2, 0.25) is 41.3 Å². The Bertz CT molecular complexity index is 1960.